The molecule has 4 aromatic rings. The minimum atomic E-state index is -0.310. The second-order valence-corrected chi connectivity index (χ2v) is 9.62. The molecule has 0 aliphatic carbocycles. The first-order chi connectivity index (χ1) is 19.8. The molecule has 4 aromatic carbocycles. The van der Waals surface area contributed by atoms with Crippen molar-refractivity contribution in [1.29, 1.82) is 0 Å². The van der Waals surface area contributed by atoms with Crippen LogP contribution >= 0.6 is 12.6 Å². The van der Waals surface area contributed by atoms with Crippen molar-refractivity contribution in [1.82, 2.24) is 0 Å². The number of rotatable bonds is 10. The maximum Gasteiger partial charge on any atom is 0.258 e. The van der Waals surface area contributed by atoms with Gasteiger partial charge in [0.25, 0.3) is 17.7 Å². The van der Waals surface area contributed by atoms with Crippen LogP contribution in [0.5, 0.6) is 0 Å². The van der Waals surface area contributed by atoms with Gasteiger partial charge in [-0.25, -0.2) is 0 Å². The normalized spacial score (nSPS) is 10.4. The molecule has 0 aliphatic heterocycles. The Morgan fingerprint density at radius 2 is 1.02 bits per heavy atom. The number of amides is 3. The standard InChI is InChI=1S/C32H30N4O4S/c1-21(37)22-3-5-23(6-4-22)30(38)35-28-15-17-29(18-16-28)36(19-20-41)32(40)25-9-7-24(8-10-25)31(39)34-27-13-11-26(33-2)12-14-27/h3-18,33,41H,19-20H2,1-2H3,(H,34,39)(H,35,38). The first-order valence-corrected chi connectivity index (χ1v) is 13.6. The lowest BCUT2D eigenvalue weighted by Crippen LogP contribution is -2.32. The largest absolute Gasteiger partial charge is 0.388 e. The monoisotopic (exact) mass is 566 g/mol. The molecule has 0 atom stereocenters. The molecule has 9 heteroatoms. The van der Waals surface area contributed by atoms with E-state index in [0.29, 0.717) is 51.6 Å². The van der Waals surface area contributed by atoms with Crippen LogP contribution in [0.2, 0.25) is 0 Å². The number of anilines is 4. The van der Waals surface area contributed by atoms with Crippen molar-refractivity contribution in [2.45, 2.75) is 6.92 Å². The summed E-state index contributed by atoms with van der Waals surface area (Å²) in [6.45, 7) is 1.83. The Labute approximate surface area is 244 Å². The van der Waals surface area contributed by atoms with Gasteiger partial charge >= 0.3 is 0 Å². The minimum absolute atomic E-state index is 0.0686. The number of thiol groups is 1. The Balaban J connectivity index is 1.42. The fourth-order valence-corrected chi connectivity index (χ4v) is 4.28. The van der Waals surface area contributed by atoms with Crippen LogP contribution in [-0.2, 0) is 0 Å². The molecule has 0 saturated heterocycles. The highest BCUT2D eigenvalue weighted by atomic mass is 32.1. The number of benzene rings is 4. The Bertz CT molecular complexity index is 1540. The Kier molecular flexibility index (Phi) is 9.55. The summed E-state index contributed by atoms with van der Waals surface area (Å²) in [6.07, 6.45) is 0. The molecule has 0 aliphatic rings. The smallest absolute Gasteiger partial charge is 0.258 e. The molecule has 0 unspecified atom stereocenters. The van der Waals surface area contributed by atoms with Crippen LogP contribution in [0.15, 0.2) is 97.1 Å². The van der Waals surface area contributed by atoms with Crippen LogP contribution in [0.1, 0.15) is 48.4 Å². The van der Waals surface area contributed by atoms with E-state index in [1.807, 2.05) is 19.2 Å². The first-order valence-electron chi connectivity index (χ1n) is 12.9. The highest BCUT2D eigenvalue weighted by Gasteiger charge is 2.18. The molecule has 0 fully saturated rings. The van der Waals surface area contributed by atoms with Crippen molar-refractivity contribution >= 4 is 58.9 Å². The van der Waals surface area contributed by atoms with E-state index in [4.69, 9.17) is 0 Å². The number of nitrogens with zero attached hydrogens (tertiary/aromatic N) is 1. The quantitative estimate of drug-likeness (QED) is 0.139. The van der Waals surface area contributed by atoms with Gasteiger partial charge in [0.2, 0.25) is 0 Å². The van der Waals surface area contributed by atoms with E-state index >= 15 is 0 Å². The van der Waals surface area contributed by atoms with Gasteiger partial charge in [-0.3, -0.25) is 19.2 Å². The molecule has 0 spiro atoms. The van der Waals surface area contributed by atoms with E-state index in [0.717, 1.165) is 5.69 Å². The summed E-state index contributed by atoms with van der Waals surface area (Å²) >= 11 is 4.32. The van der Waals surface area contributed by atoms with Gasteiger partial charge in [0.05, 0.1) is 0 Å². The van der Waals surface area contributed by atoms with Crippen LogP contribution in [0.3, 0.4) is 0 Å². The second kappa shape index (κ2) is 13.5. The van der Waals surface area contributed by atoms with Crippen molar-refractivity contribution in [2.75, 3.05) is 40.2 Å². The van der Waals surface area contributed by atoms with Crippen LogP contribution in [0.25, 0.3) is 0 Å². The molecule has 0 saturated carbocycles. The average molecular weight is 567 g/mol. The molecule has 4 rings (SSSR count). The highest BCUT2D eigenvalue weighted by Crippen LogP contribution is 2.22. The molecule has 3 N–H and O–H groups in total. The van der Waals surface area contributed by atoms with Crippen LogP contribution < -0.4 is 20.9 Å². The predicted molar refractivity (Wildman–Crippen MR) is 167 cm³/mol. The van der Waals surface area contributed by atoms with E-state index in [1.165, 1.54) is 6.92 Å². The number of carbonyl (C=O) groups excluding carboxylic acids is 4. The third-order valence-electron chi connectivity index (χ3n) is 6.38. The number of carbonyl (C=O) groups is 4. The van der Waals surface area contributed by atoms with Crippen molar-refractivity contribution in [2.24, 2.45) is 0 Å². The zero-order valence-electron chi connectivity index (χ0n) is 22.7. The third-order valence-corrected chi connectivity index (χ3v) is 6.58. The van der Waals surface area contributed by atoms with Gasteiger partial charge in [-0.05, 0) is 91.9 Å². The van der Waals surface area contributed by atoms with Crippen molar-refractivity contribution in [3.05, 3.63) is 119 Å². The second-order valence-electron chi connectivity index (χ2n) is 9.17. The van der Waals surface area contributed by atoms with Gasteiger partial charge in [0.15, 0.2) is 5.78 Å². The van der Waals surface area contributed by atoms with E-state index in [2.05, 4.69) is 28.6 Å². The lowest BCUT2D eigenvalue weighted by Gasteiger charge is -2.22. The fraction of sp³-hybridized carbons (Fsp3) is 0.125. The summed E-state index contributed by atoms with van der Waals surface area (Å²) in [6, 6.07) is 27.2. The van der Waals surface area contributed by atoms with Gasteiger partial charge in [0, 0.05) is 64.3 Å². The van der Waals surface area contributed by atoms with Crippen LogP contribution in [0.4, 0.5) is 22.7 Å². The molecule has 0 heterocycles. The summed E-state index contributed by atoms with van der Waals surface area (Å²) in [5, 5.41) is 8.70. The molecule has 0 aromatic heterocycles. The summed E-state index contributed by atoms with van der Waals surface area (Å²) in [4.78, 5) is 51.7. The van der Waals surface area contributed by atoms with Crippen LogP contribution in [0, 0.1) is 0 Å². The lowest BCUT2D eigenvalue weighted by molar-refractivity contribution is 0.0983. The fourth-order valence-electron chi connectivity index (χ4n) is 4.08. The average Bonchev–Trinajstić information content (AvgIpc) is 3.00. The van der Waals surface area contributed by atoms with Crippen LogP contribution in [-0.4, -0.2) is 42.9 Å². The third kappa shape index (κ3) is 7.40. The Morgan fingerprint density at radius 3 is 1.46 bits per heavy atom. The molecular weight excluding hydrogens is 536 g/mol. The van der Waals surface area contributed by atoms with E-state index in [-0.39, 0.29) is 23.5 Å². The molecule has 0 radical (unpaired) electrons. The summed E-state index contributed by atoms with van der Waals surface area (Å²) in [5.41, 5.74) is 4.61. The topological polar surface area (TPSA) is 108 Å². The number of Topliss-reactive ketones (excluding diaryl/α,β-unsaturated/α-hetero) is 1. The van der Waals surface area contributed by atoms with Crippen molar-refractivity contribution in [3.63, 3.8) is 0 Å². The van der Waals surface area contributed by atoms with E-state index < -0.39 is 0 Å². The molecule has 8 nitrogen and oxygen atoms in total. The summed E-state index contributed by atoms with van der Waals surface area (Å²) in [5.74, 6) is -0.458. The van der Waals surface area contributed by atoms with Crippen molar-refractivity contribution in [3.8, 4) is 0 Å². The van der Waals surface area contributed by atoms with Gasteiger partial charge in [0.1, 0.15) is 0 Å². The van der Waals surface area contributed by atoms with Gasteiger partial charge in [-0.15, -0.1) is 0 Å². The summed E-state index contributed by atoms with van der Waals surface area (Å²) < 4.78 is 0. The molecule has 41 heavy (non-hydrogen) atoms. The summed E-state index contributed by atoms with van der Waals surface area (Å²) in [7, 11) is 1.82. The highest BCUT2D eigenvalue weighted by molar-refractivity contribution is 7.80. The molecule has 3 amide bonds. The van der Waals surface area contributed by atoms with Crippen molar-refractivity contribution < 1.29 is 19.2 Å². The molecular formula is C32H30N4O4S. The minimum Gasteiger partial charge on any atom is -0.388 e. The van der Waals surface area contributed by atoms with E-state index in [1.54, 1.807) is 89.8 Å². The van der Waals surface area contributed by atoms with Gasteiger partial charge in [-0.1, -0.05) is 12.1 Å². The predicted octanol–water partition coefficient (Wildman–Crippen LogP) is 6.01. The number of hydrogen-bond acceptors (Lipinski definition) is 6. The first kappa shape index (κ1) is 29.1. The zero-order valence-corrected chi connectivity index (χ0v) is 23.6. The maximum atomic E-state index is 13.4. The Morgan fingerprint density at radius 1 is 0.610 bits per heavy atom. The molecule has 0 bridgehead atoms. The number of ketones is 1. The molecule has 208 valence electrons. The van der Waals surface area contributed by atoms with E-state index in [9.17, 15) is 19.2 Å². The number of nitrogens with one attached hydrogen (secondary N) is 3. The Hall–Kier alpha value is -4.89. The van der Waals surface area contributed by atoms with Gasteiger partial charge < -0.3 is 20.9 Å². The van der Waals surface area contributed by atoms with Gasteiger partial charge in [-0.2, -0.15) is 12.6 Å². The lowest BCUT2D eigenvalue weighted by atomic mass is 10.1. The maximum absolute atomic E-state index is 13.4. The number of hydrogen-bond donors (Lipinski definition) is 4. The SMILES string of the molecule is CNc1ccc(NC(=O)c2ccc(C(=O)N(CCS)c3ccc(NC(=O)c4ccc(C(C)=O)cc4)cc3)cc2)cc1. The zero-order chi connectivity index (χ0) is 29.4.